The lowest BCUT2D eigenvalue weighted by molar-refractivity contribution is -0.135. The van der Waals surface area contributed by atoms with E-state index in [-0.39, 0.29) is 11.3 Å². The number of carbonyl (C=O) groups is 1. The topological polar surface area (TPSA) is 44.1 Å². The summed E-state index contributed by atoms with van der Waals surface area (Å²) in [4.78, 5) is 14.0. The molecule has 0 saturated heterocycles. The van der Waals surface area contributed by atoms with Gasteiger partial charge in [0.25, 0.3) is 0 Å². The van der Waals surface area contributed by atoms with Crippen molar-refractivity contribution in [2.75, 3.05) is 0 Å². The van der Waals surface area contributed by atoms with Gasteiger partial charge in [-0.1, -0.05) is 45.0 Å². The van der Waals surface area contributed by atoms with Crippen LogP contribution in [-0.2, 0) is 17.9 Å². The molecule has 1 N–H and O–H groups in total. The second kappa shape index (κ2) is 4.15. The number of hydrogen-bond donors (Lipinski definition) is 0. The minimum absolute atomic E-state index is 0.0614. The second-order valence-electron chi connectivity index (χ2n) is 5.76. The first-order chi connectivity index (χ1) is 7.89. The van der Waals surface area contributed by atoms with Gasteiger partial charge in [0.2, 0.25) is 5.91 Å². The van der Waals surface area contributed by atoms with Crippen LogP contribution in [0.5, 0.6) is 0 Å². The minimum atomic E-state index is -0.684. The highest BCUT2D eigenvalue weighted by Gasteiger charge is 2.33. The van der Waals surface area contributed by atoms with Gasteiger partial charge in [0, 0.05) is 13.1 Å². The number of benzene rings is 1. The summed E-state index contributed by atoms with van der Waals surface area (Å²) in [5.41, 5.74) is 10.1. The van der Waals surface area contributed by atoms with E-state index in [9.17, 15) is 4.79 Å². The van der Waals surface area contributed by atoms with E-state index in [2.05, 4.69) is 12.1 Å². The Morgan fingerprint density at radius 1 is 1.24 bits per heavy atom. The molecule has 1 aromatic carbocycles. The molecule has 1 aliphatic heterocycles. The summed E-state index contributed by atoms with van der Waals surface area (Å²) in [5, 5.41) is 0. The van der Waals surface area contributed by atoms with Crippen LogP contribution >= 0.6 is 0 Å². The Labute approximate surface area is 103 Å². The van der Waals surface area contributed by atoms with Gasteiger partial charge in [-0.2, -0.15) is 0 Å². The van der Waals surface area contributed by atoms with Crippen molar-refractivity contribution in [3.63, 3.8) is 0 Å². The predicted molar refractivity (Wildman–Crippen MR) is 67.0 cm³/mol. The molecule has 0 fully saturated rings. The Morgan fingerprint density at radius 3 is 2.12 bits per heavy atom. The zero-order chi connectivity index (χ0) is 12.6. The Kier molecular flexibility index (Phi) is 2.96. The summed E-state index contributed by atoms with van der Waals surface area (Å²) < 4.78 is 0. The monoisotopic (exact) mass is 231 g/mol. The first kappa shape index (κ1) is 12.1. The number of nitrogens with zero attached hydrogens (tertiary/aromatic N) is 1. The van der Waals surface area contributed by atoms with E-state index < -0.39 is 6.04 Å². The number of carbonyl (C=O) groups excluding carboxylic acids is 1. The van der Waals surface area contributed by atoms with E-state index in [1.165, 1.54) is 11.1 Å². The molecule has 0 spiro atoms. The summed E-state index contributed by atoms with van der Waals surface area (Å²) in [6, 6.07) is 7.41. The highest BCUT2D eigenvalue weighted by Crippen LogP contribution is 2.26. The van der Waals surface area contributed by atoms with Crippen LogP contribution in [0, 0.1) is 5.41 Å². The van der Waals surface area contributed by atoms with Gasteiger partial charge in [0.05, 0.1) is 0 Å². The van der Waals surface area contributed by atoms with Gasteiger partial charge < -0.3 is 4.90 Å². The summed E-state index contributed by atoms with van der Waals surface area (Å²) in [5.74, 6) is -0.0614. The molecular weight excluding hydrogens is 212 g/mol. The number of nitrogens with one attached hydrogen (secondary N) is 1. The molecule has 0 aliphatic carbocycles. The lowest BCUT2D eigenvalue weighted by atomic mass is 9.86. The van der Waals surface area contributed by atoms with Gasteiger partial charge in [0.15, 0.2) is 0 Å². The quantitative estimate of drug-likeness (QED) is 0.731. The normalized spacial score (nSPS) is 16.8. The van der Waals surface area contributed by atoms with Crippen molar-refractivity contribution in [1.29, 1.82) is 0 Å². The molecule has 1 unspecified atom stereocenters. The van der Waals surface area contributed by atoms with Crippen LogP contribution in [0.1, 0.15) is 31.9 Å². The molecule has 1 radical (unpaired) electrons. The van der Waals surface area contributed by atoms with Gasteiger partial charge in [-0.25, -0.2) is 5.73 Å². The van der Waals surface area contributed by atoms with Crippen molar-refractivity contribution in [2.24, 2.45) is 5.41 Å². The molecule has 0 bridgehead atoms. The maximum atomic E-state index is 12.2. The number of fused-ring (bicyclic) bond motifs is 1. The maximum absolute atomic E-state index is 12.2. The fourth-order valence-electron chi connectivity index (χ4n) is 2.04. The lowest BCUT2D eigenvalue weighted by Gasteiger charge is -2.29. The third-order valence-electron chi connectivity index (χ3n) is 3.27. The summed E-state index contributed by atoms with van der Waals surface area (Å²) in [6.45, 7) is 7.12. The smallest absolute Gasteiger partial charge is 0.242 e. The first-order valence-corrected chi connectivity index (χ1v) is 5.96. The van der Waals surface area contributed by atoms with Crippen LogP contribution in [0.25, 0.3) is 0 Å². The van der Waals surface area contributed by atoms with Crippen LogP contribution in [0.3, 0.4) is 0 Å². The molecule has 3 nitrogen and oxygen atoms in total. The van der Waals surface area contributed by atoms with Gasteiger partial charge in [-0.05, 0) is 16.5 Å². The molecule has 1 aliphatic rings. The average Bonchev–Trinajstić information content (AvgIpc) is 2.69. The number of amides is 1. The largest absolute Gasteiger partial charge is 0.333 e. The Hall–Kier alpha value is -1.35. The standard InChI is InChI=1S/C14H19N2O/c1-14(2,3)12(15)13(17)16-8-10-6-4-5-7-11(10)9-16/h4-7,12,15H,8-9H2,1-3H3. The van der Waals surface area contributed by atoms with E-state index in [4.69, 9.17) is 5.73 Å². The maximum Gasteiger partial charge on any atom is 0.242 e. The zero-order valence-corrected chi connectivity index (χ0v) is 10.7. The van der Waals surface area contributed by atoms with Crippen molar-refractivity contribution in [2.45, 2.75) is 39.9 Å². The fourth-order valence-corrected chi connectivity index (χ4v) is 2.04. The van der Waals surface area contributed by atoms with E-state index in [0.717, 1.165) is 0 Å². The predicted octanol–water partition coefficient (Wildman–Crippen LogP) is 2.23. The highest BCUT2D eigenvalue weighted by atomic mass is 16.2. The third kappa shape index (κ3) is 2.34. The molecule has 2 rings (SSSR count). The van der Waals surface area contributed by atoms with Crippen LogP contribution in [0.4, 0.5) is 0 Å². The zero-order valence-electron chi connectivity index (χ0n) is 10.7. The molecule has 0 aromatic heterocycles. The molecular formula is C14H19N2O. The molecule has 3 heteroatoms. The molecule has 17 heavy (non-hydrogen) atoms. The molecule has 0 saturated carbocycles. The second-order valence-corrected chi connectivity index (χ2v) is 5.76. The summed E-state index contributed by atoms with van der Waals surface area (Å²) in [7, 11) is 0. The lowest BCUT2D eigenvalue weighted by Crippen LogP contribution is -2.44. The molecule has 1 atom stereocenters. The van der Waals surface area contributed by atoms with Crippen LogP contribution < -0.4 is 5.73 Å². The number of rotatable bonds is 1. The van der Waals surface area contributed by atoms with E-state index in [1.54, 1.807) is 4.90 Å². The van der Waals surface area contributed by atoms with E-state index >= 15 is 0 Å². The van der Waals surface area contributed by atoms with E-state index in [0.29, 0.717) is 13.1 Å². The van der Waals surface area contributed by atoms with Crippen LogP contribution in [-0.4, -0.2) is 16.8 Å². The Bertz CT molecular complexity index is 409. The number of hydrogen-bond acceptors (Lipinski definition) is 1. The van der Waals surface area contributed by atoms with Crippen molar-refractivity contribution in [3.05, 3.63) is 35.4 Å². The van der Waals surface area contributed by atoms with Crippen LogP contribution in [0.15, 0.2) is 24.3 Å². The fraction of sp³-hybridized carbons (Fsp3) is 0.500. The average molecular weight is 231 g/mol. The van der Waals surface area contributed by atoms with Gasteiger partial charge in [0.1, 0.15) is 6.04 Å². The molecule has 1 aromatic rings. The Morgan fingerprint density at radius 2 is 1.71 bits per heavy atom. The van der Waals surface area contributed by atoms with Crippen molar-refractivity contribution >= 4 is 5.91 Å². The Balaban J connectivity index is 2.11. The van der Waals surface area contributed by atoms with E-state index in [1.807, 2.05) is 32.9 Å². The highest BCUT2D eigenvalue weighted by molar-refractivity contribution is 5.82. The van der Waals surface area contributed by atoms with Crippen molar-refractivity contribution < 1.29 is 4.79 Å². The SMILES string of the molecule is CC(C)(C)C([NH])C(=O)N1Cc2ccccc2C1. The summed E-state index contributed by atoms with van der Waals surface area (Å²) >= 11 is 0. The minimum Gasteiger partial charge on any atom is -0.333 e. The summed E-state index contributed by atoms with van der Waals surface area (Å²) in [6.07, 6.45) is 0. The van der Waals surface area contributed by atoms with Crippen molar-refractivity contribution in [3.8, 4) is 0 Å². The van der Waals surface area contributed by atoms with Gasteiger partial charge >= 0.3 is 0 Å². The van der Waals surface area contributed by atoms with Crippen molar-refractivity contribution in [1.82, 2.24) is 10.6 Å². The van der Waals surface area contributed by atoms with Gasteiger partial charge in [-0.15, -0.1) is 0 Å². The first-order valence-electron chi connectivity index (χ1n) is 5.96. The molecule has 1 heterocycles. The third-order valence-corrected chi connectivity index (χ3v) is 3.27. The van der Waals surface area contributed by atoms with Gasteiger partial charge in [-0.3, -0.25) is 4.79 Å². The van der Waals surface area contributed by atoms with Crippen LogP contribution in [0.2, 0.25) is 0 Å². The molecule has 91 valence electrons. The molecule has 1 amide bonds.